The number of aromatic nitrogens is 2. The van der Waals surface area contributed by atoms with Crippen molar-refractivity contribution in [3.63, 3.8) is 0 Å². The number of allylic oxidation sites excluding steroid dienone is 1. The van der Waals surface area contributed by atoms with Crippen LogP contribution >= 0.6 is 0 Å². The smallest absolute Gasteiger partial charge is 0.258 e. The van der Waals surface area contributed by atoms with Crippen molar-refractivity contribution in [1.29, 1.82) is 0 Å². The summed E-state index contributed by atoms with van der Waals surface area (Å²) in [4.78, 5) is 16.4. The number of nitrogens with zero attached hydrogens (tertiary/aromatic N) is 2. The van der Waals surface area contributed by atoms with Crippen LogP contribution in [0, 0.1) is 0 Å². The molecule has 20 heavy (non-hydrogen) atoms. The summed E-state index contributed by atoms with van der Waals surface area (Å²) >= 11 is 0. The third kappa shape index (κ3) is 2.96. The molecule has 3 rings (SSSR count). The summed E-state index contributed by atoms with van der Waals surface area (Å²) in [5, 5.41) is 3.37. The second-order valence-corrected chi connectivity index (χ2v) is 5.20. The van der Waals surface area contributed by atoms with E-state index in [1.165, 1.54) is 19.3 Å². The molecule has 0 amide bonds. The van der Waals surface area contributed by atoms with Crippen LogP contribution in [0.1, 0.15) is 31.4 Å². The molecule has 0 saturated carbocycles. The molecule has 2 heterocycles. The Morgan fingerprint density at radius 2 is 2.30 bits per heavy atom. The molecule has 1 aliphatic rings. The summed E-state index contributed by atoms with van der Waals surface area (Å²) in [7, 11) is 0. The Labute approximate surface area is 118 Å². The third-order valence-electron chi connectivity index (χ3n) is 3.69. The Hall–Kier alpha value is -1.94. The SMILES string of the molecule is O=c1cc(CNCCC2=CCCC2)nc2ccccn12. The molecule has 2 aromatic heterocycles. The number of hydrogen-bond donors (Lipinski definition) is 1. The second kappa shape index (κ2) is 6.01. The maximum atomic E-state index is 11.9. The van der Waals surface area contributed by atoms with Crippen molar-refractivity contribution in [1.82, 2.24) is 14.7 Å². The van der Waals surface area contributed by atoms with Crippen LogP contribution in [0.3, 0.4) is 0 Å². The minimum absolute atomic E-state index is 0.0223. The van der Waals surface area contributed by atoms with Crippen LogP contribution in [0.5, 0.6) is 0 Å². The molecule has 0 radical (unpaired) electrons. The maximum absolute atomic E-state index is 11.9. The van der Waals surface area contributed by atoms with Crippen molar-refractivity contribution in [2.45, 2.75) is 32.2 Å². The van der Waals surface area contributed by atoms with E-state index in [1.807, 2.05) is 18.2 Å². The van der Waals surface area contributed by atoms with Crippen LogP contribution in [-0.4, -0.2) is 15.9 Å². The van der Waals surface area contributed by atoms with Gasteiger partial charge in [0.25, 0.3) is 5.56 Å². The molecule has 104 valence electrons. The number of fused-ring (bicyclic) bond motifs is 1. The Morgan fingerprint density at radius 1 is 1.35 bits per heavy atom. The predicted octanol–water partition coefficient (Wildman–Crippen LogP) is 2.28. The van der Waals surface area contributed by atoms with E-state index < -0.39 is 0 Å². The van der Waals surface area contributed by atoms with Crippen LogP contribution < -0.4 is 10.9 Å². The Kier molecular flexibility index (Phi) is 3.92. The summed E-state index contributed by atoms with van der Waals surface area (Å²) in [6.07, 6.45) is 8.98. The van der Waals surface area contributed by atoms with Gasteiger partial charge in [-0.3, -0.25) is 9.20 Å². The van der Waals surface area contributed by atoms with E-state index in [2.05, 4.69) is 16.4 Å². The quantitative estimate of drug-likeness (QED) is 0.669. The van der Waals surface area contributed by atoms with Crippen LogP contribution in [0.2, 0.25) is 0 Å². The van der Waals surface area contributed by atoms with Crippen molar-refractivity contribution in [2.24, 2.45) is 0 Å². The fourth-order valence-electron chi connectivity index (χ4n) is 2.62. The minimum atomic E-state index is -0.0223. The highest BCUT2D eigenvalue weighted by Gasteiger charge is 2.04. The van der Waals surface area contributed by atoms with Crippen LogP contribution in [0.4, 0.5) is 0 Å². The summed E-state index contributed by atoms with van der Waals surface area (Å²) in [5.74, 6) is 0. The molecule has 1 N–H and O–H groups in total. The van der Waals surface area contributed by atoms with E-state index in [0.29, 0.717) is 12.2 Å². The highest BCUT2D eigenvalue weighted by atomic mass is 16.1. The molecule has 0 spiro atoms. The number of rotatable bonds is 5. The van der Waals surface area contributed by atoms with Crippen LogP contribution in [-0.2, 0) is 6.54 Å². The van der Waals surface area contributed by atoms with Gasteiger partial charge in [-0.2, -0.15) is 0 Å². The van der Waals surface area contributed by atoms with E-state index >= 15 is 0 Å². The van der Waals surface area contributed by atoms with Crippen LogP contribution in [0.25, 0.3) is 5.65 Å². The number of pyridine rings is 1. The topological polar surface area (TPSA) is 46.4 Å². The largest absolute Gasteiger partial charge is 0.311 e. The normalized spacial score (nSPS) is 14.7. The van der Waals surface area contributed by atoms with E-state index in [-0.39, 0.29) is 5.56 Å². The van der Waals surface area contributed by atoms with Gasteiger partial charge in [0.05, 0.1) is 5.69 Å². The first-order valence-corrected chi connectivity index (χ1v) is 7.19. The zero-order chi connectivity index (χ0) is 13.8. The molecule has 0 saturated heterocycles. The monoisotopic (exact) mass is 269 g/mol. The Bertz CT molecular complexity index is 687. The maximum Gasteiger partial charge on any atom is 0.258 e. The van der Waals surface area contributed by atoms with Gasteiger partial charge in [0.15, 0.2) is 0 Å². The van der Waals surface area contributed by atoms with Gasteiger partial charge in [-0.25, -0.2) is 4.98 Å². The summed E-state index contributed by atoms with van der Waals surface area (Å²) in [6, 6.07) is 7.19. The lowest BCUT2D eigenvalue weighted by atomic mass is 10.2. The van der Waals surface area contributed by atoms with Crippen molar-refractivity contribution in [3.8, 4) is 0 Å². The minimum Gasteiger partial charge on any atom is -0.311 e. The number of hydrogen-bond acceptors (Lipinski definition) is 3. The predicted molar refractivity (Wildman–Crippen MR) is 79.7 cm³/mol. The lowest BCUT2D eigenvalue weighted by Gasteiger charge is -2.06. The molecule has 2 aromatic rings. The van der Waals surface area contributed by atoms with E-state index in [1.54, 1.807) is 22.2 Å². The van der Waals surface area contributed by atoms with Gasteiger partial charge >= 0.3 is 0 Å². The molecule has 4 heteroatoms. The van der Waals surface area contributed by atoms with Gasteiger partial charge < -0.3 is 5.32 Å². The molecule has 4 nitrogen and oxygen atoms in total. The molecule has 0 unspecified atom stereocenters. The molecular formula is C16H19N3O. The van der Waals surface area contributed by atoms with E-state index in [9.17, 15) is 4.79 Å². The lowest BCUT2D eigenvalue weighted by molar-refractivity contribution is 0.664. The molecule has 0 aliphatic heterocycles. The van der Waals surface area contributed by atoms with Crippen LogP contribution in [0.15, 0.2) is 46.9 Å². The lowest BCUT2D eigenvalue weighted by Crippen LogP contribution is -2.20. The highest BCUT2D eigenvalue weighted by Crippen LogP contribution is 2.19. The first-order valence-electron chi connectivity index (χ1n) is 7.19. The summed E-state index contributed by atoms with van der Waals surface area (Å²) in [6.45, 7) is 1.59. The average Bonchev–Trinajstić information content (AvgIpc) is 2.97. The Balaban J connectivity index is 1.61. The fraction of sp³-hybridized carbons (Fsp3) is 0.375. The van der Waals surface area contributed by atoms with Gasteiger partial charge in [-0.05, 0) is 44.4 Å². The Morgan fingerprint density at radius 3 is 3.15 bits per heavy atom. The molecule has 0 bridgehead atoms. The van der Waals surface area contributed by atoms with Gasteiger partial charge in [-0.15, -0.1) is 0 Å². The molecule has 0 aromatic carbocycles. The first-order chi connectivity index (χ1) is 9.83. The van der Waals surface area contributed by atoms with Crippen molar-refractivity contribution in [2.75, 3.05) is 6.54 Å². The fourth-order valence-corrected chi connectivity index (χ4v) is 2.62. The van der Waals surface area contributed by atoms with Gasteiger partial charge in [0.2, 0.25) is 0 Å². The van der Waals surface area contributed by atoms with Gasteiger partial charge in [0.1, 0.15) is 5.65 Å². The second-order valence-electron chi connectivity index (χ2n) is 5.20. The number of nitrogens with one attached hydrogen (secondary N) is 1. The van der Waals surface area contributed by atoms with Crippen molar-refractivity contribution in [3.05, 3.63) is 58.2 Å². The van der Waals surface area contributed by atoms with E-state index in [0.717, 1.165) is 18.7 Å². The molecule has 0 atom stereocenters. The van der Waals surface area contributed by atoms with Gasteiger partial charge in [-0.1, -0.05) is 17.7 Å². The molecule has 0 fully saturated rings. The highest BCUT2D eigenvalue weighted by molar-refractivity contribution is 5.37. The standard InChI is InChI=1S/C16H19N3O/c20-16-11-14(18-15-7-3-4-10-19(15)16)12-17-9-8-13-5-1-2-6-13/h3-5,7,10-11,17H,1-2,6,8-9,12H2. The zero-order valence-corrected chi connectivity index (χ0v) is 11.5. The van der Waals surface area contributed by atoms with Crippen molar-refractivity contribution >= 4 is 5.65 Å². The molecular weight excluding hydrogens is 250 g/mol. The third-order valence-corrected chi connectivity index (χ3v) is 3.69. The summed E-state index contributed by atoms with van der Waals surface area (Å²) < 4.78 is 1.56. The molecule has 1 aliphatic carbocycles. The van der Waals surface area contributed by atoms with Gasteiger partial charge in [0, 0.05) is 18.8 Å². The van der Waals surface area contributed by atoms with Crippen molar-refractivity contribution < 1.29 is 0 Å². The zero-order valence-electron chi connectivity index (χ0n) is 11.5. The first kappa shape index (κ1) is 13.1. The van der Waals surface area contributed by atoms with E-state index in [4.69, 9.17) is 0 Å². The average molecular weight is 269 g/mol. The summed E-state index contributed by atoms with van der Waals surface area (Å²) in [5.41, 5.74) is 3.05.